The number of para-hydroxylation sites is 1. The Morgan fingerprint density at radius 2 is 1.96 bits per heavy atom. The number of rotatable bonds is 5. The Morgan fingerprint density at radius 1 is 1.22 bits per heavy atom. The summed E-state index contributed by atoms with van der Waals surface area (Å²) in [5, 5.41) is 0. The van der Waals surface area contributed by atoms with E-state index in [1.54, 1.807) is 26.4 Å². The Kier molecular flexibility index (Phi) is 6.06. The molecular formula is C19H27N2O5S+. The van der Waals surface area contributed by atoms with Crippen molar-refractivity contribution in [1.29, 1.82) is 0 Å². The van der Waals surface area contributed by atoms with Crippen LogP contribution >= 0.6 is 0 Å². The maximum atomic E-state index is 12.5. The Hall–Kier alpha value is -2.06. The summed E-state index contributed by atoms with van der Waals surface area (Å²) in [4.78, 5) is 15.6. The Labute approximate surface area is 160 Å². The minimum Gasteiger partial charge on any atom is -0.493 e. The molecule has 0 spiro atoms. The number of sulfone groups is 1. The van der Waals surface area contributed by atoms with Crippen LogP contribution in [0.3, 0.4) is 0 Å². The van der Waals surface area contributed by atoms with Gasteiger partial charge in [-0.15, -0.1) is 0 Å². The van der Waals surface area contributed by atoms with Gasteiger partial charge in [0, 0.05) is 18.1 Å². The van der Waals surface area contributed by atoms with Gasteiger partial charge in [-0.1, -0.05) is 12.1 Å². The van der Waals surface area contributed by atoms with E-state index in [9.17, 15) is 13.2 Å². The molecule has 0 aromatic heterocycles. The number of hydrogen-bond donors (Lipinski definition) is 1. The fourth-order valence-electron chi connectivity index (χ4n) is 3.85. The first-order chi connectivity index (χ1) is 12.9. The van der Waals surface area contributed by atoms with Crippen molar-refractivity contribution in [2.75, 3.05) is 51.9 Å². The molecule has 2 heterocycles. The molecule has 0 radical (unpaired) electrons. The summed E-state index contributed by atoms with van der Waals surface area (Å²) < 4.78 is 34.0. The maximum absolute atomic E-state index is 12.5. The van der Waals surface area contributed by atoms with Gasteiger partial charge in [0.25, 0.3) is 0 Å². The molecule has 1 aromatic rings. The summed E-state index contributed by atoms with van der Waals surface area (Å²) in [6, 6.07) is 5.71. The van der Waals surface area contributed by atoms with E-state index >= 15 is 0 Å². The lowest BCUT2D eigenvalue weighted by molar-refractivity contribution is -0.925. The number of amides is 1. The molecule has 148 valence electrons. The monoisotopic (exact) mass is 395 g/mol. The summed E-state index contributed by atoms with van der Waals surface area (Å²) in [5.41, 5.74) is 0.783. The van der Waals surface area contributed by atoms with E-state index in [1.807, 2.05) is 23.1 Å². The van der Waals surface area contributed by atoms with Gasteiger partial charge >= 0.3 is 0 Å². The third-order valence-corrected chi connectivity index (χ3v) is 7.13. The van der Waals surface area contributed by atoms with Gasteiger partial charge in [0.15, 0.2) is 21.3 Å². The minimum atomic E-state index is -2.86. The predicted octanol–water partition coefficient (Wildman–Crippen LogP) is -0.369. The Balaban J connectivity index is 1.58. The van der Waals surface area contributed by atoms with Crippen molar-refractivity contribution in [3.8, 4) is 11.5 Å². The third kappa shape index (κ3) is 4.62. The van der Waals surface area contributed by atoms with E-state index in [2.05, 4.69) is 0 Å². The molecule has 0 unspecified atom stereocenters. The second-order valence-corrected chi connectivity index (χ2v) is 9.23. The molecule has 0 saturated carbocycles. The van der Waals surface area contributed by atoms with Crippen LogP contribution in [0, 0.1) is 0 Å². The first kappa shape index (κ1) is 19.7. The molecule has 8 heteroatoms. The van der Waals surface area contributed by atoms with Gasteiger partial charge < -0.3 is 19.3 Å². The van der Waals surface area contributed by atoms with Crippen molar-refractivity contribution in [2.24, 2.45) is 0 Å². The molecule has 2 aliphatic rings. The van der Waals surface area contributed by atoms with Gasteiger partial charge in [0.05, 0.1) is 46.2 Å². The molecule has 27 heavy (non-hydrogen) atoms. The number of carbonyl (C=O) groups is 1. The molecular weight excluding hydrogens is 368 g/mol. The predicted molar refractivity (Wildman–Crippen MR) is 103 cm³/mol. The zero-order valence-corrected chi connectivity index (χ0v) is 16.6. The minimum absolute atomic E-state index is 0.0435. The number of nitrogens with zero attached hydrogens (tertiary/aromatic N) is 1. The average molecular weight is 396 g/mol. The van der Waals surface area contributed by atoms with Crippen LogP contribution in [0.5, 0.6) is 11.5 Å². The lowest BCUT2D eigenvalue weighted by atomic mass is 10.1. The van der Waals surface area contributed by atoms with Gasteiger partial charge in [-0.05, 0) is 12.1 Å². The molecule has 1 N–H and O–H groups in total. The number of carbonyl (C=O) groups excluding carboxylic acids is 1. The van der Waals surface area contributed by atoms with Crippen LogP contribution in [-0.4, -0.2) is 77.2 Å². The second kappa shape index (κ2) is 8.31. The standard InChI is InChI=1S/C19H26N2O5S/c1-25-17-5-3-4-15(19(17)26-2)6-7-18(22)21-11-9-20(10-12-21)16-8-13-27(23,24)14-16/h3-7,16H,8-14H2,1-2H3/p+1/b7-6+/t16-/m1/s1. The summed E-state index contributed by atoms with van der Waals surface area (Å²) in [7, 11) is 0.288. The largest absolute Gasteiger partial charge is 0.493 e. The van der Waals surface area contributed by atoms with Crippen molar-refractivity contribution in [2.45, 2.75) is 12.5 Å². The highest BCUT2D eigenvalue weighted by molar-refractivity contribution is 7.91. The molecule has 1 amide bonds. The summed E-state index contributed by atoms with van der Waals surface area (Å²) in [5.74, 6) is 1.76. The van der Waals surface area contributed by atoms with Crippen molar-refractivity contribution in [1.82, 2.24) is 4.90 Å². The van der Waals surface area contributed by atoms with Crippen LogP contribution < -0.4 is 14.4 Å². The SMILES string of the molecule is COc1cccc(/C=C/C(=O)N2CC[NH+]([C@@H]3CCS(=O)(=O)C3)CC2)c1OC. The van der Waals surface area contributed by atoms with Crippen LogP contribution in [0.4, 0.5) is 0 Å². The Bertz CT molecular complexity index is 813. The van der Waals surface area contributed by atoms with Crippen molar-refractivity contribution < 1.29 is 27.6 Å². The number of benzene rings is 1. The van der Waals surface area contributed by atoms with Gasteiger partial charge in [-0.25, -0.2) is 8.42 Å². The van der Waals surface area contributed by atoms with E-state index in [0.717, 1.165) is 25.1 Å². The molecule has 2 aliphatic heterocycles. The molecule has 3 rings (SSSR count). The van der Waals surface area contributed by atoms with Gasteiger partial charge in [0.1, 0.15) is 11.8 Å². The Morgan fingerprint density at radius 3 is 2.56 bits per heavy atom. The summed E-state index contributed by atoms with van der Waals surface area (Å²) in [6.07, 6.45) is 4.04. The van der Waals surface area contributed by atoms with Gasteiger partial charge in [0.2, 0.25) is 5.91 Å². The third-order valence-electron chi connectivity index (χ3n) is 5.37. The lowest BCUT2D eigenvalue weighted by Crippen LogP contribution is -3.18. The first-order valence-corrected chi connectivity index (χ1v) is 11.0. The van der Waals surface area contributed by atoms with Crippen molar-refractivity contribution in [3.05, 3.63) is 29.8 Å². The van der Waals surface area contributed by atoms with Crippen LogP contribution in [-0.2, 0) is 14.6 Å². The van der Waals surface area contributed by atoms with Crippen molar-refractivity contribution >= 4 is 21.8 Å². The zero-order valence-electron chi connectivity index (χ0n) is 15.8. The number of piperazine rings is 1. The quantitative estimate of drug-likeness (QED) is 0.689. The summed E-state index contributed by atoms with van der Waals surface area (Å²) >= 11 is 0. The highest BCUT2D eigenvalue weighted by Crippen LogP contribution is 2.31. The second-order valence-electron chi connectivity index (χ2n) is 7.00. The fraction of sp³-hybridized carbons (Fsp3) is 0.526. The lowest BCUT2D eigenvalue weighted by Gasteiger charge is -2.34. The van der Waals surface area contributed by atoms with E-state index in [-0.39, 0.29) is 17.7 Å². The smallest absolute Gasteiger partial charge is 0.246 e. The molecule has 7 nitrogen and oxygen atoms in total. The van der Waals surface area contributed by atoms with Crippen LogP contribution in [0.1, 0.15) is 12.0 Å². The number of quaternary nitrogens is 1. The highest BCUT2D eigenvalue weighted by Gasteiger charge is 2.37. The van der Waals surface area contributed by atoms with Crippen molar-refractivity contribution in [3.63, 3.8) is 0 Å². The number of nitrogens with one attached hydrogen (secondary N) is 1. The average Bonchev–Trinajstić information content (AvgIpc) is 3.05. The van der Waals surface area contributed by atoms with Crippen LogP contribution in [0.2, 0.25) is 0 Å². The van der Waals surface area contributed by atoms with Gasteiger partial charge in [-0.3, -0.25) is 4.79 Å². The molecule has 2 fully saturated rings. The van der Waals surface area contributed by atoms with E-state index in [1.165, 1.54) is 4.90 Å². The molecule has 2 saturated heterocycles. The normalized spacial score (nSPS) is 22.9. The fourth-order valence-corrected chi connectivity index (χ4v) is 5.67. The van der Waals surface area contributed by atoms with Crippen LogP contribution in [0.25, 0.3) is 6.08 Å². The van der Waals surface area contributed by atoms with Crippen LogP contribution in [0.15, 0.2) is 24.3 Å². The highest BCUT2D eigenvalue weighted by atomic mass is 32.2. The molecule has 0 aliphatic carbocycles. The van der Waals surface area contributed by atoms with E-state index in [0.29, 0.717) is 30.3 Å². The maximum Gasteiger partial charge on any atom is 0.246 e. The molecule has 0 bridgehead atoms. The number of methoxy groups -OCH3 is 2. The molecule has 1 atom stereocenters. The topological polar surface area (TPSA) is 77.4 Å². The van der Waals surface area contributed by atoms with Gasteiger partial charge in [-0.2, -0.15) is 0 Å². The number of ether oxygens (including phenoxy) is 2. The summed E-state index contributed by atoms with van der Waals surface area (Å²) in [6.45, 7) is 2.87. The van der Waals surface area contributed by atoms with E-state index < -0.39 is 9.84 Å². The first-order valence-electron chi connectivity index (χ1n) is 9.16. The van der Waals surface area contributed by atoms with E-state index in [4.69, 9.17) is 9.47 Å². The number of hydrogen-bond acceptors (Lipinski definition) is 5. The molecule has 1 aromatic carbocycles. The zero-order chi connectivity index (χ0) is 19.4.